The first-order valence-corrected chi connectivity index (χ1v) is 9.62. The third-order valence-electron chi connectivity index (χ3n) is 5.01. The van der Waals surface area contributed by atoms with Crippen LogP contribution < -0.4 is 5.73 Å². The summed E-state index contributed by atoms with van der Waals surface area (Å²) in [5.41, 5.74) is 7.56. The Bertz CT molecular complexity index is 1120. The SMILES string of the molecule is COCC(C=Nc1cc(C2CC2c2cnc(-c3ncccn3)nc2)cc(F)c1F)=CN. The summed E-state index contributed by atoms with van der Waals surface area (Å²) in [5, 5.41) is 0. The van der Waals surface area contributed by atoms with Crippen molar-refractivity contribution in [3.05, 3.63) is 77.5 Å². The zero-order chi connectivity index (χ0) is 21.8. The van der Waals surface area contributed by atoms with E-state index in [0.717, 1.165) is 12.0 Å². The minimum atomic E-state index is -0.999. The maximum absolute atomic E-state index is 14.2. The molecule has 0 bridgehead atoms. The first-order valence-electron chi connectivity index (χ1n) is 9.62. The van der Waals surface area contributed by atoms with Gasteiger partial charge in [0.05, 0.1) is 6.61 Å². The molecule has 2 aromatic heterocycles. The van der Waals surface area contributed by atoms with E-state index in [-0.39, 0.29) is 24.1 Å². The topological polar surface area (TPSA) is 99.2 Å². The van der Waals surface area contributed by atoms with Crippen molar-refractivity contribution in [2.24, 2.45) is 10.7 Å². The summed E-state index contributed by atoms with van der Waals surface area (Å²) in [7, 11) is 1.51. The lowest BCUT2D eigenvalue weighted by molar-refractivity contribution is 0.230. The monoisotopic (exact) mass is 422 g/mol. The standard InChI is InChI=1S/C22H20F2N6O/c1-31-12-13(8-25)9-28-19-6-14(5-18(23)20(19)24)16-7-17(16)15-10-29-22(30-11-15)21-26-3-2-4-27-21/h2-6,8-11,16-17H,7,12,25H2,1H3. The molecule has 1 aliphatic carbocycles. The van der Waals surface area contributed by atoms with Crippen LogP contribution in [0.25, 0.3) is 11.6 Å². The summed E-state index contributed by atoms with van der Waals surface area (Å²) < 4.78 is 33.4. The quantitative estimate of drug-likeness (QED) is 0.583. The van der Waals surface area contributed by atoms with Gasteiger partial charge in [-0.05, 0) is 47.6 Å². The van der Waals surface area contributed by atoms with Gasteiger partial charge in [-0.3, -0.25) is 4.99 Å². The van der Waals surface area contributed by atoms with Crippen LogP contribution in [0.15, 0.2) is 59.8 Å². The van der Waals surface area contributed by atoms with Crippen molar-refractivity contribution < 1.29 is 13.5 Å². The lowest BCUT2D eigenvalue weighted by atomic mass is 10.1. The third-order valence-corrected chi connectivity index (χ3v) is 5.01. The summed E-state index contributed by atoms with van der Waals surface area (Å²) in [6.07, 6.45) is 10.2. The Hall–Kier alpha value is -3.59. The molecule has 2 N–H and O–H groups in total. The molecular weight excluding hydrogens is 402 g/mol. The van der Waals surface area contributed by atoms with Crippen molar-refractivity contribution in [1.82, 2.24) is 19.9 Å². The Kier molecular flexibility index (Phi) is 6.03. The average molecular weight is 422 g/mol. The van der Waals surface area contributed by atoms with Gasteiger partial charge in [0, 0.05) is 49.9 Å². The summed E-state index contributed by atoms with van der Waals surface area (Å²) in [4.78, 5) is 21.0. The number of aliphatic imine (C=N–C) groups is 1. The molecule has 158 valence electrons. The van der Waals surface area contributed by atoms with Gasteiger partial charge in [-0.1, -0.05) is 0 Å². The van der Waals surface area contributed by atoms with E-state index in [9.17, 15) is 8.78 Å². The smallest absolute Gasteiger partial charge is 0.197 e. The summed E-state index contributed by atoms with van der Waals surface area (Å²) in [5.74, 6) is -0.889. The number of ether oxygens (including phenoxy) is 1. The molecule has 2 heterocycles. The molecule has 2 unspecified atom stereocenters. The van der Waals surface area contributed by atoms with Crippen LogP contribution in [-0.2, 0) is 4.74 Å². The van der Waals surface area contributed by atoms with Crippen LogP contribution in [0, 0.1) is 11.6 Å². The summed E-state index contributed by atoms with van der Waals surface area (Å²) >= 11 is 0. The van der Waals surface area contributed by atoms with Gasteiger partial charge in [0.25, 0.3) is 0 Å². The van der Waals surface area contributed by atoms with Gasteiger partial charge in [0.15, 0.2) is 23.3 Å². The van der Waals surface area contributed by atoms with E-state index in [1.165, 1.54) is 25.6 Å². The van der Waals surface area contributed by atoms with Crippen LogP contribution in [0.2, 0.25) is 0 Å². The van der Waals surface area contributed by atoms with E-state index in [2.05, 4.69) is 24.9 Å². The van der Waals surface area contributed by atoms with Crippen LogP contribution in [0.3, 0.4) is 0 Å². The van der Waals surface area contributed by atoms with Gasteiger partial charge < -0.3 is 10.5 Å². The molecule has 7 nitrogen and oxygen atoms in total. The van der Waals surface area contributed by atoms with Crippen molar-refractivity contribution in [2.75, 3.05) is 13.7 Å². The first-order chi connectivity index (χ1) is 15.1. The number of nitrogens with two attached hydrogens (primary N) is 1. The van der Waals surface area contributed by atoms with Crippen LogP contribution in [0.5, 0.6) is 0 Å². The molecular formula is C22H20F2N6O. The zero-order valence-electron chi connectivity index (χ0n) is 16.7. The van der Waals surface area contributed by atoms with E-state index < -0.39 is 11.6 Å². The van der Waals surface area contributed by atoms with Crippen LogP contribution in [0.4, 0.5) is 14.5 Å². The molecule has 2 atom stereocenters. The molecule has 0 saturated heterocycles. The molecule has 1 fully saturated rings. The van der Waals surface area contributed by atoms with Crippen LogP contribution in [0.1, 0.15) is 29.4 Å². The molecule has 31 heavy (non-hydrogen) atoms. The van der Waals surface area contributed by atoms with Crippen LogP contribution >= 0.6 is 0 Å². The number of nitrogens with zero attached hydrogens (tertiary/aromatic N) is 5. The lowest BCUT2D eigenvalue weighted by Crippen LogP contribution is -1.99. The largest absolute Gasteiger partial charge is 0.404 e. The number of benzene rings is 1. The molecule has 0 amide bonds. The van der Waals surface area contributed by atoms with Crippen LogP contribution in [-0.4, -0.2) is 39.9 Å². The highest BCUT2D eigenvalue weighted by atomic mass is 19.2. The molecule has 0 radical (unpaired) electrons. The predicted octanol–water partition coefficient (Wildman–Crippen LogP) is 3.67. The zero-order valence-corrected chi connectivity index (χ0v) is 16.7. The Morgan fingerprint density at radius 1 is 1.10 bits per heavy atom. The minimum absolute atomic E-state index is 0.0370. The normalized spacial score (nSPS) is 18.5. The van der Waals surface area contributed by atoms with Gasteiger partial charge >= 0.3 is 0 Å². The van der Waals surface area contributed by atoms with Crippen molar-refractivity contribution >= 4 is 11.9 Å². The number of halogens is 2. The van der Waals surface area contributed by atoms with Crippen molar-refractivity contribution in [2.45, 2.75) is 18.3 Å². The fourth-order valence-corrected chi connectivity index (χ4v) is 3.34. The van der Waals surface area contributed by atoms with Gasteiger partial charge in [-0.25, -0.2) is 28.7 Å². The highest BCUT2D eigenvalue weighted by Gasteiger charge is 2.40. The van der Waals surface area contributed by atoms with Gasteiger partial charge in [-0.15, -0.1) is 0 Å². The highest BCUT2D eigenvalue weighted by Crippen LogP contribution is 2.55. The maximum atomic E-state index is 14.2. The molecule has 1 aliphatic rings. The van der Waals surface area contributed by atoms with Crippen molar-refractivity contribution in [1.29, 1.82) is 0 Å². The third kappa shape index (κ3) is 4.61. The Morgan fingerprint density at radius 2 is 1.77 bits per heavy atom. The van der Waals surface area contributed by atoms with E-state index in [1.807, 2.05) is 0 Å². The fraction of sp³-hybridized carbons (Fsp3) is 0.227. The Morgan fingerprint density at radius 3 is 2.45 bits per heavy atom. The number of hydrogen-bond donors (Lipinski definition) is 1. The van der Waals surface area contributed by atoms with E-state index >= 15 is 0 Å². The molecule has 1 aromatic carbocycles. The summed E-state index contributed by atoms with van der Waals surface area (Å²) in [6.45, 7) is 0.221. The molecule has 3 aromatic rings. The number of aromatic nitrogens is 4. The molecule has 4 rings (SSSR count). The molecule has 9 heteroatoms. The number of methoxy groups -OCH3 is 1. The second-order valence-electron chi connectivity index (χ2n) is 7.13. The molecule has 0 aliphatic heterocycles. The molecule has 1 saturated carbocycles. The molecule has 0 spiro atoms. The second kappa shape index (κ2) is 9.05. The number of rotatable bonds is 7. The fourth-order valence-electron chi connectivity index (χ4n) is 3.34. The second-order valence-corrected chi connectivity index (χ2v) is 7.13. The Balaban J connectivity index is 1.52. The minimum Gasteiger partial charge on any atom is -0.404 e. The number of hydrogen-bond acceptors (Lipinski definition) is 7. The van der Waals surface area contributed by atoms with E-state index in [0.29, 0.717) is 22.8 Å². The van der Waals surface area contributed by atoms with E-state index in [4.69, 9.17) is 10.5 Å². The Labute approximate surface area is 177 Å². The van der Waals surface area contributed by atoms with Gasteiger partial charge in [0.1, 0.15) is 5.69 Å². The summed E-state index contributed by atoms with van der Waals surface area (Å²) in [6, 6.07) is 4.51. The van der Waals surface area contributed by atoms with E-state index in [1.54, 1.807) is 36.9 Å². The average Bonchev–Trinajstić information content (AvgIpc) is 3.61. The first kappa shape index (κ1) is 20.7. The van der Waals surface area contributed by atoms with Crippen molar-refractivity contribution in [3.63, 3.8) is 0 Å². The maximum Gasteiger partial charge on any atom is 0.197 e. The van der Waals surface area contributed by atoms with Gasteiger partial charge in [0.2, 0.25) is 0 Å². The highest BCUT2D eigenvalue weighted by molar-refractivity contribution is 5.81. The van der Waals surface area contributed by atoms with Gasteiger partial charge in [-0.2, -0.15) is 0 Å². The lowest BCUT2D eigenvalue weighted by Gasteiger charge is -2.06. The van der Waals surface area contributed by atoms with Crippen molar-refractivity contribution in [3.8, 4) is 11.6 Å². The predicted molar refractivity (Wildman–Crippen MR) is 112 cm³/mol.